The van der Waals surface area contributed by atoms with Gasteiger partial charge in [-0.15, -0.1) is 0 Å². The number of methoxy groups -OCH3 is 1. The van der Waals surface area contributed by atoms with Gasteiger partial charge in [0.05, 0.1) is 20.2 Å². The molecule has 1 N–H and O–H groups in total. The predicted octanol–water partition coefficient (Wildman–Crippen LogP) is 3.44. The number of benzene rings is 1. The number of hydrogen-bond donors (Lipinski definition) is 1. The van der Waals surface area contributed by atoms with Crippen LogP contribution >= 0.6 is 0 Å². The Morgan fingerprint density at radius 2 is 1.88 bits per heavy atom. The third kappa shape index (κ3) is 3.94. The molecule has 1 aromatic carbocycles. The number of rotatable bonds is 5. The summed E-state index contributed by atoms with van der Waals surface area (Å²) in [6, 6.07) is 7.64. The van der Waals surface area contributed by atoms with E-state index in [2.05, 4.69) is 26.1 Å². The lowest BCUT2D eigenvalue weighted by Crippen LogP contribution is -2.60. The number of ether oxygens (including phenoxy) is 2. The Bertz CT molecular complexity index is 599. The van der Waals surface area contributed by atoms with Crippen LogP contribution in [0.3, 0.4) is 0 Å². The highest BCUT2D eigenvalue weighted by atomic mass is 16.5. The van der Waals surface area contributed by atoms with Gasteiger partial charge in [0.15, 0.2) is 11.5 Å². The van der Waals surface area contributed by atoms with Gasteiger partial charge in [-0.1, -0.05) is 32.9 Å². The normalized spacial score (nSPS) is 19.4. The summed E-state index contributed by atoms with van der Waals surface area (Å²) < 4.78 is 11.2. The number of carbonyl (C=O) groups excluding carboxylic acids is 1. The summed E-state index contributed by atoms with van der Waals surface area (Å²) in [6.07, 6.45) is 3.24. The second-order valence-electron chi connectivity index (χ2n) is 8.24. The number of para-hydroxylation sites is 2. The summed E-state index contributed by atoms with van der Waals surface area (Å²) in [5.74, 6) is 1.46. The second kappa shape index (κ2) is 6.19. The van der Waals surface area contributed by atoms with E-state index in [9.17, 15) is 4.79 Å². The van der Waals surface area contributed by atoms with Gasteiger partial charge in [0.2, 0.25) is 0 Å². The molecule has 1 aromatic rings. The largest absolute Gasteiger partial charge is 0.493 e. The number of hydrogen-bond acceptors (Lipinski definition) is 3. The van der Waals surface area contributed by atoms with Crippen LogP contribution in [0.1, 0.15) is 40.0 Å². The number of likely N-dealkylation sites (tertiary alicyclic amines) is 1. The van der Waals surface area contributed by atoms with Crippen LogP contribution in [0.4, 0.5) is 4.79 Å². The third-order valence-electron chi connectivity index (χ3n) is 4.59. The fourth-order valence-corrected chi connectivity index (χ4v) is 3.39. The summed E-state index contributed by atoms with van der Waals surface area (Å²) in [7, 11) is 1.63. The molecule has 132 valence electrons. The van der Waals surface area contributed by atoms with E-state index in [4.69, 9.17) is 9.47 Å². The Hall–Kier alpha value is -1.91. The lowest BCUT2D eigenvalue weighted by Gasteiger charge is -2.40. The van der Waals surface area contributed by atoms with Crippen LogP contribution in [-0.2, 0) is 0 Å². The van der Waals surface area contributed by atoms with Crippen molar-refractivity contribution in [2.24, 2.45) is 5.41 Å². The molecule has 0 unspecified atom stereocenters. The summed E-state index contributed by atoms with van der Waals surface area (Å²) in [6.45, 7) is 7.91. The molecule has 2 amide bonds. The highest BCUT2D eigenvalue weighted by Gasteiger charge is 2.48. The van der Waals surface area contributed by atoms with Crippen molar-refractivity contribution in [3.05, 3.63) is 24.3 Å². The molecule has 5 nitrogen and oxygen atoms in total. The lowest BCUT2D eigenvalue weighted by atomic mass is 9.87. The van der Waals surface area contributed by atoms with Gasteiger partial charge in [-0.2, -0.15) is 0 Å². The predicted molar refractivity (Wildman–Crippen MR) is 93.6 cm³/mol. The SMILES string of the molecule is COc1ccccc1OC1CN(C(=O)NC2(CC(C)(C)C)CC2)C1. The molecule has 0 spiro atoms. The molecule has 1 saturated heterocycles. The molecule has 2 fully saturated rings. The van der Waals surface area contributed by atoms with Gasteiger partial charge >= 0.3 is 6.03 Å². The molecule has 0 radical (unpaired) electrons. The smallest absolute Gasteiger partial charge is 0.318 e. The van der Waals surface area contributed by atoms with Crippen molar-refractivity contribution in [2.45, 2.75) is 51.7 Å². The van der Waals surface area contributed by atoms with Crippen LogP contribution in [0.2, 0.25) is 0 Å². The molecule has 3 rings (SSSR count). The van der Waals surface area contributed by atoms with Crippen molar-refractivity contribution in [3.63, 3.8) is 0 Å². The minimum Gasteiger partial charge on any atom is -0.493 e. The first kappa shape index (κ1) is 16.9. The van der Waals surface area contributed by atoms with Crippen LogP contribution in [0.15, 0.2) is 24.3 Å². The maximum absolute atomic E-state index is 12.4. The van der Waals surface area contributed by atoms with Crippen LogP contribution in [-0.4, -0.2) is 42.8 Å². The van der Waals surface area contributed by atoms with Gasteiger partial charge in [-0.25, -0.2) is 4.79 Å². The van der Waals surface area contributed by atoms with E-state index in [0.29, 0.717) is 13.1 Å². The van der Waals surface area contributed by atoms with E-state index in [1.807, 2.05) is 29.2 Å². The van der Waals surface area contributed by atoms with Gasteiger partial charge in [-0.05, 0) is 36.8 Å². The molecule has 1 aliphatic heterocycles. The molecule has 0 bridgehead atoms. The van der Waals surface area contributed by atoms with Gasteiger partial charge in [0.25, 0.3) is 0 Å². The number of nitrogens with zero attached hydrogens (tertiary/aromatic N) is 1. The van der Waals surface area contributed by atoms with Crippen molar-refractivity contribution in [1.82, 2.24) is 10.2 Å². The Morgan fingerprint density at radius 1 is 1.25 bits per heavy atom. The van der Waals surface area contributed by atoms with E-state index in [-0.39, 0.29) is 23.1 Å². The first-order chi connectivity index (χ1) is 11.3. The van der Waals surface area contributed by atoms with Crippen molar-refractivity contribution >= 4 is 6.03 Å². The van der Waals surface area contributed by atoms with Gasteiger partial charge in [-0.3, -0.25) is 0 Å². The van der Waals surface area contributed by atoms with E-state index < -0.39 is 0 Å². The van der Waals surface area contributed by atoms with E-state index in [1.165, 1.54) is 0 Å². The molecule has 1 saturated carbocycles. The monoisotopic (exact) mass is 332 g/mol. The van der Waals surface area contributed by atoms with Gasteiger partial charge in [0.1, 0.15) is 6.10 Å². The Labute approximate surface area is 144 Å². The zero-order valence-corrected chi connectivity index (χ0v) is 15.1. The maximum atomic E-state index is 12.4. The minimum absolute atomic E-state index is 0.0178. The fraction of sp³-hybridized carbons (Fsp3) is 0.632. The van der Waals surface area contributed by atoms with Crippen molar-refractivity contribution in [2.75, 3.05) is 20.2 Å². The van der Waals surface area contributed by atoms with E-state index in [1.54, 1.807) is 7.11 Å². The number of amides is 2. The quantitative estimate of drug-likeness (QED) is 0.898. The van der Waals surface area contributed by atoms with Gasteiger partial charge in [0, 0.05) is 5.54 Å². The maximum Gasteiger partial charge on any atom is 0.318 e. The van der Waals surface area contributed by atoms with E-state index in [0.717, 1.165) is 30.8 Å². The standard InChI is InChI=1S/C19H28N2O3/c1-18(2,3)13-19(9-10-19)20-17(22)21-11-14(12-21)24-16-8-6-5-7-15(16)23-4/h5-8,14H,9-13H2,1-4H3,(H,20,22). The van der Waals surface area contributed by atoms with Gasteiger partial charge < -0.3 is 19.7 Å². The molecule has 0 atom stereocenters. The second-order valence-corrected chi connectivity index (χ2v) is 8.24. The number of carbonyl (C=O) groups is 1. The van der Waals surface area contributed by atoms with Crippen molar-refractivity contribution in [1.29, 1.82) is 0 Å². The summed E-state index contributed by atoms with van der Waals surface area (Å²) >= 11 is 0. The summed E-state index contributed by atoms with van der Waals surface area (Å²) in [5, 5.41) is 3.24. The molecule has 1 aliphatic carbocycles. The first-order valence-electron chi connectivity index (χ1n) is 8.67. The topological polar surface area (TPSA) is 50.8 Å². The van der Waals surface area contributed by atoms with Crippen LogP contribution < -0.4 is 14.8 Å². The zero-order chi connectivity index (χ0) is 17.4. The Kier molecular flexibility index (Phi) is 4.37. The lowest BCUT2D eigenvalue weighted by molar-refractivity contribution is 0.0407. The molecular weight excluding hydrogens is 304 g/mol. The molecular formula is C19H28N2O3. The zero-order valence-electron chi connectivity index (χ0n) is 15.1. The average Bonchev–Trinajstić information content (AvgIpc) is 3.19. The van der Waals surface area contributed by atoms with Crippen molar-refractivity contribution in [3.8, 4) is 11.5 Å². The van der Waals surface area contributed by atoms with E-state index >= 15 is 0 Å². The van der Waals surface area contributed by atoms with Crippen LogP contribution in [0, 0.1) is 5.41 Å². The third-order valence-corrected chi connectivity index (χ3v) is 4.59. The Balaban J connectivity index is 1.47. The first-order valence-corrected chi connectivity index (χ1v) is 8.67. The molecule has 24 heavy (non-hydrogen) atoms. The minimum atomic E-state index is 0.0178. The molecule has 0 aromatic heterocycles. The molecule has 5 heteroatoms. The Morgan fingerprint density at radius 3 is 2.42 bits per heavy atom. The molecule has 1 heterocycles. The number of nitrogens with one attached hydrogen (secondary N) is 1. The van der Waals surface area contributed by atoms with Crippen LogP contribution in [0.5, 0.6) is 11.5 Å². The average molecular weight is 332 g/mol. The summed E-state index contributed by atoms with van der Waals surface area (Å²) in [5.41, 5.74) is 0.248. The highest BCUT2D eigenvalue weighted by Crippen LogP contribution is 2.44. The highest BCUT2D eigenvalue weighted by molar-refractivity contribution is 5.76. The summed E-state index contributed by atoms with van der Waals surface area (Å²) in [4.78, 5) is 14.2. The van der Waals surface area contributed by atoms with Crippen molar-refractivity contribution < 1.29 is 14.3 Å². The fourth-order valence-electron chi connectivity index (χ4n) is 3.39. The van der Waals surface area contributed by atoms with Crippen LogP contribution in [0.25, 0.3) is 0 Å². The number of urea groups is 1. The molecule has 2 aliphatic rings.